The van der Waals surface area contributed by atoms with Crippen molar-refractivity contribution in [3.8, 4) is 0 Å². The Morgan fingerprint density at radius 1 is 1.04 bits per heavy atom. The van der Waals surface area contributed by atoms with Crippen molar-refractivity contribution in [3.05, 3.63) is 28.7 Å². The van der Waals surface area contributed by atoms with Gasteiger partial charge in [-0.05, 0) is 47.7 Å². The first-order valence-corrected chi connectivity index (χ1v) is 8.23. The summed E-state index contributed by atoms with van der Waals surface area (Å²) < 4.78 is 0. The average Bonchev–Trinajstić information content (AvgIpc) is 2.60. The smallest absolute Gasteiger partial charge is 0.111 e. The van der Waals surface area contributed by atoms with E-state index in [1.165, 1.54) is 0 Å². The molecule has 0 amide bonds. The highest BCUT2D eigenvalue weighted by Crippen LogP contribution is 2.31. The van der Waals surface area contributed by atoms with E-state index in [0.717, 1.165) is 11.3 Å². The fourth-order valence-corrected chi connectivity index (χ4v) is 2.45. The molecule has 0 spiro atoms. The summed E-state index contributed by atoms with van der Waals surface area (Å²) in [4.78, 5) is 12.9. The normalized spacial score (nSPS) is 13.8. The van der Waals surface area contributed by atoms with E-state index in [2.05, 4.69) is 5.18 Å². The van der Waals surface area contributed by atoms with Crippen molar-refractivity contribution in [1.82, 2.24) is 0 Å². The van der Waals surface area contributed by atoms with Gasteiger partial charge < -0.3 is 25.3 Å². The van der Waals surface area contributed by atoms with Crippen LogP contribution in [0.1, 0.15) is 38.2 Å². The molecule has 0 aromatic heterocycles. The number of rotatable bonds is 11. The predicted octanol–water partition coefficient (Wildman–Crippen LogP) is 1.50. The lowest BCUT2D eigenvalue weighted by atomic mass is 10.00. The second kappa shape index (κ2) is 10.4. The number of benzene rings is 1. The molecule has 136 valence electrons. The van der Waals surface area contributed by atoms with E-state index in [1.807, 2.05) is 24.8 Å². The van der Waals surface area contributed by atoms with Gasteiger partial charge in [0.2, 0.25) is 0 Å². The summed E-state index contributed by atoms with van der Waals surface area (Å²) in [6.07, 6.45) is -0.876. The molecule has 1 aromatic carbocycles. The molecule has 7 heteroatoms. The molecule has 0 radical (unpaired) electrons. The zero-order chi connectivity index (χ0) is 18.1. The first kappa shape index (κ1) is 20.5. The van der Waals surface area contributed by atoms with Crippen LogP contribution < -0.4 is 4.90 Å². The minimum atomic E-state index is -0.809. The molecule has 0 aliphatic rings. The van der Waals surface area contributed by atoms with Crippen LogP contribution in [-0.4, -0.2) is 58.9 Å². The van der Waals surface area contributed by atoms with Crippen molar-refractivity contribution in [2.45, 2.75) is 44.8 Å². The summed E-state index contributed by atoms with van der Waals surface area (Å²) in [6.45, 7) is 4.29. The van der Waals surface area contributed by atoms with Gasteiger partial charge in [0.1, 0.15) is 5.69 Å². The fraction of sp³-hybridized carbons (Fsp3) is 0.647. The molecule has 7 nitrogen and oxygen atoms in total. The summed E-state index contributed by atoms with van der Waals surface area (Å²) in [5, 5.41) is 40.2. The molecule has 2 unspecified atom stereocenters. The Balaban J connectivity index is 2.98. The zero-order valence-corrected chi connectivity index (χ0v) is 14.3. The molecule has 0 saturated carbocycles. The maximum absolute atomic E-state index is 10.9. The van der Waals surface area contributed by atoms with E-state index < -0.39 is 12.2 Å². The monoisotopic (exact) mass is 340 g/mol. The van der Waals surface area contributed by atoms with Crippen molar-refractivity contribution in [1.29, 1.82) is 0 Å². The quantitative estimate of drug-likeness (QED) is 0.454. The van der Waals surface area contributed by atoms with Gasteiger partial charge in [-0.25, -0.2) is 0 Å². The highest BCUT2D eigenvalue weighted by Gasteiger charge is 2.15. The van der Waals surface area contributed by atoms with Crippen molar-refractivity contribution < 1.29 is 20.4 Å². The molecule has 0 saturated heterocycles. The molecule has 24 heavy (non-hydrogen) atoms. The lowest BCUT2D eigenvalue weighted by Crippen LogP contribution is -2.32. The molecular formula is C17H28N2O5. The summed E-state index contributed by atoms with van der Waals surface area (Å²) in [5.41, 5.74) is 2.08. The minimum Gasteiger partial charge on any atom is -0.394 e. The van der Waals surface area contributed by atoms with Gasteiger partial charge in [0.05, 0.1) is 25.4 Å². The Morgan fingerprint density at radius 3 is 2.00 bits per heavy atom. The summed E-state index contributed by atoms with van der Waals surface area (Å²) >= 11 is 0. The Kier molecular flexibility index (Phi) is 8.84. The second-order valence-electron chi connectivity index (χ2n) is 6.23. The van der Waals surface area contributed by atoms with E-state index in [0.29, 0.717) is 31.6 Å². The van der Waals surface area contributed by atoms with Crippen molar-refractivity contribution >= 4 is 11.4 Å². The number of nitroso groups, excluding NO2 is 1. The van der Waals surface area contributed by atoms with Crippen LogP contribution in [0.25, 0.3) is 0 Å². The first-order chi connectivity index (χ1) is 11.4. The molecule has 0 bridgehead atoms. The van der Waals surface area contributed by atoms with Gasteiger partial charge >= 0.3 is 0 Å². The number of anilines is 1. The van der Waals surface area contributed by atoms with Gasteiger partial charge in [0.25, 0.3) is 0 Å². The standard InChI is InChI=1S/C17H28N2O5/c1-12(2)16-9-13(3-4-17(16)18-24)19(7-5-14(22)10-20)8-6-15(23)11-21/h3-4,9,12,14-15,20-23H,5-8,10-11H2,1-2H3. The zero-order valence-electron chi connectivity index (χ0n) is 14.3. The topological polar surface area (TPSA) is 114 Å². The maximum atomic E-state index is 10.9. The number of nitrogens with zero attached hydrogens (tertiary/aromatic N) is 2. The molecule has 4 N–H and O–H groups in total. The molecule has 0 fully saturated rings. The SMILES string of the molecule is CC(C)c1cc(N(CCC(O)CO)CCC(O)CO)ccc1N=O. The minimum absolute atomic E-state index is 0.130. The Hall–Kier alpha value is -1.54. The Labute approximate surface area is 142 Å². The van der Waals surface area contributed by atoms with E-state index in [1.54, 1.807) is 12.1 Å². The summed E-state index contributed by atoms with van der Waals surface area (Å²) in [5.74, 6) is 0.130. The largest absolute Gasteiger partial charge is 0.394 e. The Bertz CT molecular complexity index is 496. The first-order valence-electron chi connectivity index (χ1n) is 8.23. The van der Waals surface area contributed by atoms with Crippen molar-refractivity contribution in [2.75, 3.05) is 31.2 Å². The third kappa shape index (κ3) is 6.16. The van der Waals surface area contributed by atoms with E-state index in [-0.39, 0.29) is 19.1 Å². The maximum Gasteiger partial charge on any atom is 0.111 e. The summed E-state index contributed by atoms with van der Waals surface area (Å²) in [6, 6.07) is 5.33. The van der Waals surface area contributed by atoms with Crippen LogP contribution in [0, 0.1) is 4.91 Å². The number of aliphatic hydroxyl groups excluding tert-OH is 4. The van der Waals surface area contributed by atoms with Crippen LogP contribution >= 0.6 is 0 Å². The highest BCUT2D eigenvalue weighted by molar-refractivity contribution is 5.59. The van der Waals surface area contributed by atoms with E-state index in [4.69, 9.17) is 10.2 Å². The van der Waals surface area contributed by atoms with Gasteiger partial charge in [-0.2, -0.15) is 0 Å². The third-order valence-electron chi connectivity index (χ3n) is 3.98. The van der Waals surface area contributed by atoms with Crippen LogP contribution in [0.4, 0.5) is 11.4 Å². The van der Waals surface area contributed by atoms with Crippen LogP contribution in [0.5, 0.6) is 0 Å². The molecule has 0 aliphatic carbocycles. The predicted molar refractivity (Wildman–Crippen MR) is 93.6 cm³/mol. The van der Waals surface area contributed by atoms with E-state index in [9.17, 15) is 15.1 Å². The number of hydrogen-bond donors (Lipinski definition) is 4. The van der Waals surface area contributed by atoms with Crippen LogP contribution in [0.3, 0.4) is 0 Å². The van der Waals surface area contributed by atoms with Gasteiger partial charge in [-0.1, -0.05) is 13.8 Å². The second-order valence-corrected chi connectivity index (χ2v) is 6.23. The van der Waals surface area contributed by atoms with Gasteiger partial charge in [0.15, 0.2) is 0 Å². The summed E-state index contributed by atoms with van der Waals surface area (Å²) in [7, 11) is 0. The lowest BCUT2D eigenvalue weighted by Gasteiger charge is -2.27. The molecule has 1 rings (SSSR count). The van der Waals surface area contributed by atoms with Crippen LogP contribution in [0.15, 0.2) is 23.4 Å². The van der Waals surface area contributed by atoms with E-state index >= 15 is 0 Å². The molecule has 1 aromatic rings. The molecular weight excluding hydrogens is 312 g/mol. The lowest BCUT2D eigenvalue weighted by molar-refractivity contribution is 0.0854. The average molecular weight is 340 g/mol. The van der Waals surface area contributed by atoms with Crippen LogP contribution in [0.2, 0.25) is 0 Å². The van der Waals surface area contributed by atoms with Crippen molar-refractivity contribution in [2.24, 2.45) is 5.18 Å². The number of aliphatic hydroxyl groups is 4. The molecule has 2 atom stereocenters. The van der Waals surface area contributed by atoms with Crippen molar-refractivity contribution in [3.63, 3.8) is 0 Å². The number of hydrogen-bond acceptors (Lipinski definition) is 7. The highest BCUT2D eigenvalue weighted by atomic mass is 16.3. The third-order valence-corrected chi connectivity index (χ3v) is 3.98. The van der Waals surface area contributed by atoms with Gasteiger partial charge in [0, 0.05) is 18.8 Å². The molecule has 0 heterocycles. The van der Waals surface area contributed by atoms with Gasteiger partial charge in [-0.15, -0.1) is 4.91 Å². The molecule has 0 aliphatic heterocycles. The fourth-order valence-electron chi connectivity index (χ4n) is 2.45. The Morgan fingerprint density at radius 2 is 1.58 bits per heavy atom. The van der Waals surface area contributed by atoms with Crippen LogP contribution in [-0.2, 0) is 0 Å². The van der Waals surface area contributed by atoms with Gasteiger partial charge in [-0.3, -0.25) is 0 Å².